The Bertz CT molecular complexity index is 571. The number of hydrogen-bond acceptors (Lipinski definition) is 3. The van der Waals surface area contributed by atoms with E-state index >= 15 is 0 Å². The van der Waals surface area contributed by atoms with Crippen LogP contribution in [0.15, 0.2) is 24.3 Å². The maximum Gasteiger partial charge on any atom is 0.307 e. The molecule has 0 bridgehead atoms. The van der Waals surface area contributed by atoms with Crippen LogP contribution in [-0.4, -0.2) is 37.6 Å². The van der Waals surface area contributed by atoms with Gasteiger partial charge in [-0.25, -0.2) is 4.39 Å². The summed E-state index contributed by atoms with van der Waals surface area (Å²) in [5.41, 5.74) is 0.834. The maximum absolute atomic E-state index is 12.8. The number of carbonyl (C=O) groups excluding carboxylic acids is 1. The van der Waals surface area contributed by atoms with Crippen LogP contribution < -0.4 is 0 Å². The fraction of sp³-hybridized carbons (Fsp3) is 0.417. The van der Waals surface area contributed by atoms with Gasteiger partial charge in [-0.15, -0.1) is 3.89 Å². The second-order valence-corrected chi connectivity index (χ2v) is 6.14. The monoisotopic (exact) mass is 289 g/mol. The summed E-state index contributed by atoms with van der Waals surface area (Å²) in [4.78, 5) is 12.9. The van der Waals surface area contributed by atoms with Crippen molar-refractivity contribution in [1.29, 1.82) is 0 Å². The first-order valence-corrected chi connectivity index (χ1v) is 7.26. The standard InChI is InChI=1S/C12H13F2NO3S/c13-10-3-1-9(2-4-10)5-6-15-8-11(7-12(15)16)19(14,17)18/h1-4,11H,5-8H2. The fourth-order valence-corrected chi connectivity index (χ4v) is 2.76. The molecular weight excluding hydrogens is 276 g/mol. The minimum atomic E-state index is -4.67. The summed E-state index contributed by atoms with van der Waals surface area (Å²) in [5, 5.41) is -1.26. The van der Waals surface area contributed by atoms with Crippen molar-refractivity contribution in [3.8, 4) is 0 Å². The summed E-state index contributed by atoms with van der Waals surface area (Å²) >= 11 is 0. The van der Waals surface area contributed by atoms with Crippen LogP contribution >= 0.6 is 0 Å². The van der Waals surface area contributed by atoms with Crippen molar-refractivity contribution < 1.29 is 21.5 Å². The summed E-state index contributed by atoms with van der Waals surface area (Å²) in [5.74, 6) is -0.710. The van der Waals surface area contributed by atoms with Crippen LogP contribution in [0.1, 0.15) is 12.0 Å². The average molecular weight is 289 g/mol. The molecular formula is C12H13F2NO3S. The van der Waals surface area contributed by atoms with Gasteiger partial charge >= 0.3 is 10.2 Å². The van der Waals surface area contributed by atoms with E-state index < -0.39 is 15.5 Å². The second-order valence-electron chi connectivity index (χ2n) is 4.52. The van der Waals surface area contributed by atoms with Crippen LogP contribution in [0.5, 0.6) is 0 Å². The molecule has 1 aliphatic rings. The predicted octanol–water partition coefficient (Wildman–Crippen LogP) is 1.27. The summed E-state index contributed by atoms with van der Waals surface area (Å²) in [6.45, 7) is 0.190. The third-order valence-corrected chi connectivity index (χ3v) is 4.27. The molecule has 1 heterocycles. The Balaban J connectivity index is 1.94. The second kappa shape index (κ2) is 5.24. The molecule has 1 saturated heterocycles. The molecule has 0 spiro atoms. The molecule has 19 heavy (non-hydrogen) atoms. The number of carbonyl (C=O) groups is 1. The number of likely N-dealkylation sites (tertiary alicyclic amines) is 1. The van der Waals surface area contributed by atoms with E-state index in [1.54, 1.807) is 12.1 Å². The minimum Gasteiger partial charge on any atom is -0.341 e. The number of benzene rings is 1. The van der Waals surface area contributed by atoms with Crippen LogP contribution in [0.3, 0.4) is 0 Å². The van der Waals surface area contributed by atoms with Gasteiger partial charge in [-0.1, -0.05) is 12.1 Å². The van der Waals surface area contributed by atoms with E-state index in [1.807, 2.05) is 0 Å². The van der Waals surface area contributed by atoms with E-state index in [-0.39, 0.29) is 24.7 Å². The van der Waals surface area contributed by atoms with Gasteiger partial charge in [-0.2, -0.15) is 8.42 Å². The molecule has 0 N–H and O–H groups in total. The Morgan fingerprint density at radius 1 is 1.26 bits per heavy atom. The molecule has 1 aromatic carbocycles. The van der Waals surface area contributed by atoms with Gasteiger partial charge in [0.1, 0.15) is 11.1 Å². The highest BCUT2D eigenvalue weighted by molar-refractivity contribution is 7.87. The number of nitrogens with zero attached hydrogens (tertiary/aromatic N) is 1. The molecule has 0 saturated carbocycles. The van der Waals surface area contributed by atoms with Crippen molar-refractivity contribution in [3.05, 3.63) is 35.6 Å². The topological polar surface area (TPSA) is 54.5 Å². The van der Waals surface area contributed by atoms with E-state index in [0.717, 1.165) is 5.56 Å². The first kappa shape index (κ1) is 13.9. The van der Waals surface area contributed by atoms with Crippen molar-refractivity contribution in [2.75, 3.05) is 13.1 Å². The molecule has 1 amide bonds. The maximum atomic E-state index is 12.8. The molecule has 1 aromatic rings. The lowest BCUT2D eigenvalue weighted by Crippen LogP contribution is -2.29. The molecule has 7 heteroatoms. The Morgan fingerprint density at radius 3 is 2.42 bits per heavy atom. The molecule has 0 radical (unpaired) electrons. The first-order valence-electron chi connectivity index (χ1n) is 5.82. The summed E-state index contributed by atoms with van der Waals surface area (Å²) in [6, 6.07) is 5.82. The lowest BCUT2D eigenvalue weighted by atomic mass is 10.1. The molecule has 1 fully saturated rings. The lowest BCUT2D eigenvalue weighted by Gasteiger charge is -2.15. The summed E-state index contributed by atoms with van der Waals surface area (Å²) in [7, 11) is -4.67. The van der Waals surface area contributed by atoms with Crippen molar-refractivity contribution in [2.45, 2.75) is 18.1 Å². The zero-order valence-electron chi connectivity index (χ0n) is 10.1. The Kier molecular flexibility index (Phi) is 3.84. The van der Waals surface area contributed by atoms with Crippen LogP contribution in [0.2, 0.25) is 0 Å². The van der Waals surface area contributed by atoms with Crippen molar-refractivity contribution in [2.24, 2.45) is 0 Å². The van der Waals surface area contributed by atoms with E-state index in [0.29, 0.717) is 13.0 Å². The lowest BCUT2D eigenvalue weighted by molar-refractivity contribution is -0.127. The van der Waals surface area contributed by atoms with Crippen LogP contribution in [0.25, 0.3) is 0 Å². The fourth-order valence-electron chi connectivity index (χ4n) is 2.06. The number of halogens is 2. The van der Waals surface area contributed by atoms with E-state index in [1.165, 1.54) is 17.0 Å². The van der Waals surface area contributed by atoms with Crippen molar-refractivity contribution in [3.63, 3.8) is 0 Å². The van der Waals surface area contributed by atoms with Gasteiger partial charge in [0.05, 0.1) is 0 Å². The molecule has 104 valence electrons. The predicted molar refractivity (Wildman–Crippen MR) is 65.1 cm³/mol. The number of hydrogen-bond donors (Lipinski definition) is 0. The van der Waals surface area contributed by atoms with E-state index in [9.17, 15) is 21.5 Å². The van der Waals surface area contributed by atoms with Gasteiger partial charge in [0.2, 0.25) is 5.91 Å². The highest BCUT2D eigenvalue weighted by Gasteiger charge is 2.37. The third-order valence-electron chi connectivity index (χ3n) is 3.16. The Labute approximate surface area is 110 Å². The van der Waals surface area contributed by atoms with Crippen LogP contribution in [0.4, 0.5) is 8.28 Å². The zero-order valence-corrected chi connectivity index (χ0v) is 10.9. The van der Waals surface area contributed by atoms with E-state index in [4.69, 9.17) is 0 Å². The Hall–Kier alpha value is -1.50. The van der Waals surface area contributed by atoms with Crippen molar-refractivity contribution in [1.82, 2.24) is 4.90 Å². The van der Waals surface area contributed by atoms with Crippen LogP contribution in [-0.2, 0) is 21.4 Å². The minimum absolute atomic E-state index is 0.112. The highest BCUT2D eigenvalue weighted by atomic mass is 32.3. The van der Waals surface area contributed by atoms with E-state index in [2.05, 4.69) is 0 Å². The number of amides is 1. The molecule has 1 aliphatic heterocycles. The smallest absolute Gasteiger partial charge is 0.307 e. The normalized spacial score (nSPS) is 20.0. The zero-order chi connectivity index (χ0) is 14.0. The van der Waals surface area contributed by atoms with Gasteiger partial charge in [-0.3, -0.25) is 4.79 Å². The quantitative estimate of drug-likeness (QED) is 0.784. The van der Waals surface area contributed by atoms with Gasteiger partial charge in [-0.05, 0) is 24.1 Å². The largest absolute Gasteiger partial charge is 0.341 e. The molecule has 4 nitrogen and oxygen atoms in total. The number of rotatable bonds is 4. The van der Waals surface area contributed by atoms with Gasteiger partial charge < -0.3 is 4.90 Å². The van der Waals surface area contributed by atoms with Crippen molar-refractivity contribution >= 4 is 16.1 Å². The first-order chi connectivity index (χ1) is 8.86. The third kappa shape index (κ3) is 3.50. The Morgan fingerprint density at radius 2 is 1.89 bits per heavy atom. The molecule has 1 atom stereocenters. The molecule has 2 rings (SSSR count). The SMILES string of the molecule is O=C1CC(S(=O)(=O)F)CN1CCc1ccc(F)cc1. The average Bonchev–Trinajstić information content (AvgIpc) is 2.70. The van der Waals surface area contributed by atoms with Crippen LogP contribution in [0, 0.1) is 5.82 Å². The molecule has 1 unspecified atom stereocenters. The summed E-state index contributed by atoms with van der Waals surface area (Å²) < 4.78 is 47.0. The summed E-state index contributed by atoms with van der Waals surface area (Å²) in [6.07, 6.45) is 0.174. The van der Waals surface area contributed by atoms with Gasteiger partial charge in [0.25, 0.3) is 0 Å². The highest BCUT2D eigenvalue weighted by Crippen LogP contribution is 2.20. The van der Waals surface area contributed by atoms with Gasteiger partial charge in [0.15, 0.2) is 0 Å². The van der Waals surface area contributed by atoms with Gasteiger partial charge in [0, 0.05) is 19.5 Å². The molecule has 0 aromatic heterocycles. The molecule has 0 aliphatic carbocycles.